The number of benzene rings is 2. The topological polar surface area (TPSA) is 38.7 Å². The number of methoxy groups -OCH3 is 1. The highest BCUT2D eigenvalue weighted by Gasteiger charge is 2.28. The summed E-state index contributed by atoms with van der Waals surface area (Å²) in [5.74, 6) is 1.44. The Morgan fingerprint density at radius 2 is 1.95 bits per heavy atom. The molecule has 4 heteroatoms. The number of aliphatic hydroxyl groups excluding tert-OH is 1. The number of fused-ring (bicyclic) bond motifs is 1. The highest BCUT2D eigenvalue weighted by Crippen LogP contribution is 2.42. The van der Waals surface area contributed by atoms with Crippen LogP contribution in [0.5, 0.6) is 11.5 Å². The van der Waals surface area contributed by atoms with Crippen molar-refractivity contribution >= 4 is 11.8 Å². The lowest BCUT2D eigenvalue weighted by Gasteiger charge is -2.30. The van der Waals surface area contributed by atoms with Gasteiger partial charge in [0, 0.05) is 22.9 Å². The Kier molecular flexibility index (Phi) is 4.08. The Hall–Kier alpha value is -1.65. The molecular formula is C17H18O3S. The first kappa shape index (κ1) is 14.3. The van der Waals surface area contributed by atoms with Gasteiger partial charge in [0.1, 0.15) is 17.6 Å². The first-order chi connectivity index (χ1) is 10.2. The van der Waals surface area contributed by atoms with Crippen LogP contribution in [0, 0.1) is 0 Å². The molecule has 2 atom stereocenters. The van der Waals surface area contributed by atoms with Crippen molar-refractivity contribution in [1.82, 2.24) is 0 Å². The van der Waals surface area contributed by atoms with E-state index >= 15 is 0 Å². The van der Waals surface area contributed by atoms with Crippen LogP contribution in [-0.4, -0.2) is 18.5 Å². The van der Waals surface area contributed by atoms with Gasteiger partial charge in [0.05, 0.1) is 13.2 Å². The van der Waals surface area contributed by atoms with Gasteiger partial charge in [0.2, 0.25) is 0 Å². The lowest BCUT2D eigenvalue weighted by Crippen LogP contribution is -2.19. The van der Waals surface area contributed by atoms with E-state index in [0.717, 1.165) is 16.9 Å². The maximum Gasteiger partial charge on any atom is 0.129 e. The van der Waals surface area contributed by atoms with E-state index in [0.29, 0.717) is 12.2 Å². The minimum Gasteiger partial charge on any atom is -0.497 e. The summed E-state index contributed by atoms with van der Waals surface area (Å²) in [6, 6.07) is 13.8. The maximum absolute atomic E-state index is 10.3. The van der Waals surface area contributed by atoms with Crippen LogP contribution in [0.3, 0.4) is 0 Å². The van der Waals surface area contributed by atoms with Crippen LogP contribution < -0.4 is 9.47 Å². The predicted molar refractivity (Wildman–Crippen MR) is 84.2 cm³/mol. The van der Waals surface area contributed by atoms with Crippen LogP contribution in [0.2, 0.25) is 0 Å². The number of hydrogen-bond donors (Lipinski definition) is 1. The van der Waals surface area contributed by atoms with Crippen molar-refractivity contribution in [3.63, 3.8) is 0 Å². The lowest BCUT2D eigenvalue weighted by molar-refractivity contribution is 0.0654. The fourth-order valence-electron chi connectivity index (χ4n) is 2.57. The summed E-state index contributed by atoms with van der Waals surface area (Å²) >= 11 is 1.71. The fourth-order valence-corrected chi connectivity index (χ4v) is 2.98. The number of aliphatic hydroxyl groups is 1. The molecule has 1 N–H and O–H groups in total. The highest BCUT2D eigenvalue weighted by atomic mass is 32.2. The van der Waals surface area contributed by atoms with E-state index in [-0.39, 0.29) is 6.10 Å². The molecule has 0 fully saturated rings. The van der Waals surface area contributed by atoms with Crippen LogP contribution in [-0.2, 0) is 0 Å². The molecule has 2 aromatic carbocycles. The summed E-state index contributed by atoms with van der Waals surface area (Å²) in [5.41, 5.74) is 1.91. The van der Waals surface area contributed by atoms with E-state index < -0.39 is 6.10 Å². The van der Waals surface area contributed by atoms with E-state index in [4.69, 9.17) is 9.47 Å². The molecule has 110 valence electrons. The highest BCUT2D eigenvalue weighted by molar-refractivity contribution is 7.98. The van der Waals surface area contributed by atoms with Crippen molar-refractivity contribution in [2.45, 2.75) is 23.5 Å². The van der Waals surface area contributed by atoms with Gasteiger partial charge in [-0.3, -0.25) is 0 Å². The quantitative estimate of drug-likeness (QED) is 0.871. The summed E-state index contributed by atoms with van der Waals surface area (Å²) in [7, 11) is 1.62. The summed E-state index contributed by atoms with van der Waals surface area (Å²) in [6.45, 7) is 0. The van der Waals surface area contributed by atoms with Crippen LogP contribution in [0.4, 0.5) is 0 Å². The SMILES string of the molecule is COc1ccc2c(c1)OC(c1ccc(SC)cc1)CC2O. The number of ether oxygens (including phenoxy) is 2. The molecular weight excluding hydrogens is 284 g/mol. The average Bonchev–Trinajstić information content (AvgIpc) is 2.54. The first-order valence-electron chi connectivity index (χ1n) is 6.88. The van der Waals surface area contributed by atoms with Crippen molar-refractivity contribution in [2.75, 3.05) is 13.4 Å². The molecule has 0 aliphatic carbocycles. The van der Waals surface area contributed by atoms with E-state index in [9.17, 15) is 5.11 Å². The third kappa shape index (κ3) is 2.87. The summed E-state index contributed by atoms with van der Waals surface area (Å²) in [6.07, 6.45) is 1.98. The Bertz CT molecular complexity index is 624. The van der Waals surface area contributed by atoms with Crippen molar-refractivity contribution in [3.8, 4) is 11.5 Å². The average molecular weight is 302 g/mol. The minimum atomic E-state index is -0.509. The molecule has 2 unspecified atom stereocenters. The van der Waals surface area contributed by atoms with E-state index in [1.54, 1.807) is 18.9 Å². The molecule has 2 aromatic rings. The molecule has 21 heavy (non-hydrogen) atoms. The van der Waals surface area contributed by atoms with Gasteiger partial charge in [-0.25, -0.2) is 0 Å². The van der Waals surface area contributed by atoms with E-state index in [2.05, 4.69) is 30.5 Å². The van der Waals surface area contributed by atoms with Crippen LogP contribution >= 0.6 is 11.8 Å². The molecule has 0 amide bonds. The molecule has 1 aliphatic heterocycles. The zero-order valence-corrected chi connectivity index (χ0v) is 12.9. The Balaban J connectivity index is 1.89. The van der Waals surface area contributed by atoms with Crippen molar-refractivity contribution in [1.29, 1.82) is 0 Å². The van der Waals surface area contributed by atoms with Crippen molar-refractivity contribution in [2.24, 2.45) is 0 Å². The number of hydrogen-bond acceptors (Lipinski definition) is 4. The summed E-state index contributed by atoms with van der Waals surface area (Å²) in [4.78, 5) is 1.22. The molecule has 0 spiro atoms. The third-order valence-corrected chi connectivity index (χ3v) is 4.52. The van der Waals surface area contributed by atoms with E-state index in [1.165, 1.54) is 4.90 Å². The molecule has 1 heterocycles. The minimum absolute atomic E-state index is 0.129. The van der Waals surface area contributed by atoms with Gasteiger partial charge in [-0.05, 0) is 36.1 Å². The molecule has 1 aliphatic rings. The van der Waals surface area contributed by atoms with Crippen LogP contribution in [0.1, 0.15) is 29.8 Å². The normalized spacial score (nSPS) is 20.5. The molecule has 0 saturated heterocycles. The molecule has 0 aromatic heterocycles. The molecule has 0 radical (unpaired) electrons. The Labute approximate surface area is 128 Å². The predicted octanol–water partition coefficient (Wildman–Crippen LogP) is 3.97. The van der Waals surface area contributed by atoms with Gasteiger partial charge < -0.3 is 14.6 Å². The molecule has 0 saturated carbocycles. The fraction of sp³-hybridized carbons (Fsp3) is 0.294. The van der Waals surface area contributed by atoms with Gasteiger partial charge >= 0.3 is 0 Å². The second-order valence-corrected chi connectivity index (χ2v) is 5.91. The van der Waals surface area contributed by atoms with Gasteiger partial charge in [0.25, 0.3) is 0 Å². The Morgan fingerprint density at radius 3 is 2.62 bits per heavy atom. The summed E-state index contributed by atoms with van der Waals surface area (Å²) in [5, 5.41) is 10.3. The van der Waals surface area contributed by atoms with Gasteiger partial charge in [-0.15, -0.1) is 11.8 Å². The third-order valence-electron chi connectivity index (χ3n) is 3.77. The first-order valence-corrected chi connectivity index (χ1v) is 8.10. The second kappa shape index (κ2) is 6.00. The van der Waals surface area contributed by atoms with Gasteiger partial charge in [0.15, 0.2) is 0 Å². The molecule has 3 nitrogen and oxygen atoms in total. The Morgan fingerprint density at radius 1 is 1.19 bits per heavy atom. The van der Waals surface area contributed by atoms with Crippen LogP contribution in [0.15, 0.2) is 47.4 Å². The smallest absolute Gasteiger partial charge is 0.129 e. The number of thioether (sulfide) groups is 1. The van der Waals surface area contributed by atoms with E-state index in [1.807, 2.05) is 18.2 Å². The standard InChI is InChI=1S/C17H18O3S/c1-19-12-5-8-14-15(18)10-16(20-17(14)9-12)11-3-6-13(21-2)7-4-11/h3-9,15-16,18H,10H2,1-2H3. The summed E-state index contributed by atoms with van der Waals surface area (Å²) < 4.78 is 11.3. The monoisotopic (exact) mass is 302 g/mol. The zero-order chi connectivity index (χ0) is 14.8. The molecule has 3 rings (SSSR count). The maximum atomic E-state index is 10.3. The van der Waals surface area contributed by atoms with Crippen molar-refractivity contribution < 1.29 is 14.6 Å². The van der Waals surface area contributed by atoms with Gasteiger partial charge in [-0.2, -0.15) is 0 Å². The van der Waals surface area contributed by atoms with Gasteiger partial charge in [-0.1, -0.05) is 12.1 Å². The number of rotatable bonds is 3. The lowest BCUT2D eigenvalue weighted by atomic mass is 9.95. The largest absolute Gasteiger partial charge is 0.497 e. The molecule has 0 bridgehead atoms. The van der Waals surface area contributed by atoms with Crippen molar-refractivity contribution in [3.05, 3.63) is 53.6 Å². The second-order valence-electron chi connectivity index (χ2n) is 5.03. The zero-order valence-electron chi connectivity index (χ0n) is 12.1. The van der Waals surface area contributed by atoms with Crippen LogP contribution in [0.25, 0.3) is 0 Å².